The highest BCUT2D eigenvalue weighted by Gasteiger charge is 2.54. The average molecular weight is 443 g/mol. The van der Waals surface area contributed by atoms with Gasteiger partial charge in [0.2, 0.25) is 0 Å². The monoisotopic (exact) mass is 442 g/mol. The molecule has 1 aliphatic carbocycles. The number of urea groups is 1. The first-order chi connectivity index (χ1) is 14.9. The minimum atomic E-state index is -0.293. The maximum Gasteiger partial charge on any atom is 0.319 e. The molecule has 5 rings (SSSR count). The Bertz CT molecular complexity index is 1170. The molecule has 1 aliphatic heterocycles. The maximum absolute atomic E-state index is 12.9. The van der Waals surface area contributed by atoms with Crippen molar-refractivity contribution in [3.05, 3.63) is 47.4 Å². The lowest BCUT2D eigenvalue weighted by molar-refractivity contribution is -0.0582. The van der Waals surface area contributed by atoms with Crippen LogP contribution in [0, 0.1) is 5.41 Å². The molecule has 2 aromatic heterocycles. The molecular weight excluding hydrogens is 420 g/mol. The summed E-state index contributed by atoms with van der Waals surface area (Å²) in [5, 5.41) is 10.5. The highest BCUT2D eigenvalue weighted by atomic mass is 35.5. The largest absolute Gasteiger partial charge is 0.495 e. The van der Waals surface area contributed by atoms with Crippen LogP contribution in [-0.4, -0.2) is 57.3 Å². The van der Waals surface area contributed by atoms with Crippen LogP contribution in [0.25, 0.3) is 5.65 Å². The van der Waals surface area contributed by atoms with Gasteiger partial charge in [-0.15, -0.1) is 0 Å². The first kappa shape index (κ1) is 19.7. The number of halogens is 1. The van der Waals surface area contributed by atoms with Crippen LogP contribution in [0.4, 0.5) is 10.5 Å². The summed E-state index contributed by atoms with van der Waals surface area (Å²) in [6.07, 6.45) is 7.04. The Morgan fingerprint density at radius 3 is 2.77 bits per heavy atom. The summed E-state index contributed by atoms with van der Waals surface area (Å²) in [6, 6.07) is 4.85. The third-order valence-electron chi connectivity index (χ3n) is 6.21. The van der Waals surface area contributed by atoms with Gasteiger partial charge in [0.15, 0.2) is 0 Å². The van der Waals surface area contributed by atoms with E-state index in [1.165, 1.54) is 0 Å². The smallest absolute Gasteiger partial charge is 0.319 e. The molecule has 2 aliphatic rings. The van der Waals surface area contributed by atoms with E-state index in [1.54, 1.807) is 36.0 Å². The summed E-state index contributed by atoms with van der Waals surface area (Å²) >= 11 is 6.01. The number of methoxy groups -OCH3 is 1. The number of anilines is 1. The topological polar surface area (TPSA) is 92.9 Å². The third-order valence-corrected chi connectivity index (χ3v) is 6.44. The predicted octanol–water partition coefficient (Wildman–Crippen LogP) is 2.76. The van der Waals surface area contributed by atoms with Crippen molar-refractivity contribution in [2.75, 3.05) is 25.5 Å². The fraction of sp³-hybridized carbons (Fsp3) is 0.381. The minimum Gasteiger partial charge on any atom is -0.495 e. The number of fused-ring (bicyclic) bond motifs is 1. The highest BCUT2D eigenvalue weighted by molar-refractivity contribution is 6.31. The van der Waals surface area contributed by atoms with Crippen molar-refractivity contribution < 1.29 is 14.3 Å². The first-order valence-corrected chi connectivity index (χ1v) is 10.4. The summed E-state index contributed by atoms with van der Waals surface area (Å²) < 4.78 is 8.86. The molecule has 0 unspecified atom stereocenters. The summed E-state index contributed by atoms with van der Waals surface area (Å²) in [6.45, 7) is 1.41. The summed E-state index contributed by atoms with van der Waals surface area (Å²) in [4.78, 5) is 27.1. The van der Waals surface area contributed by atoms with E-state index in [0.717, 1.165) is 18.5 Å². The molecule has 3 aromatic rings. The van der Waals surface area contributed by atoms with Gasteiger partial charge in [-0.3, -0.25) is 4.79 Å². The van der Waals surface area contributed by atoms with E-state index in [9.17, 15) is 9.59 Å². The maximum atomic E-state index is 12.9. The van der Waals surface area contributed by atoms with Crippen LogP contribution in [0.5, 0.6) is 5.75 Å². The van der Waals surface area contributed by atoms with E-state index in [2.05, 4.69) is 15.7 Å². The van der Waals surface area contributed by atoms with Crippen LogP contribution < -0.4 is 15.4 Å². The van der Waals surface area contributed by atoms with Crippen molar-refractivity contribution in [2.45, 2.75) is 18.9 Å². The van der Waals surface area contributed by atoms with E-state index >= 15 is 0 Å². The lowest BCUT2D eigenvalue weighted by atomic mass is 9.60. The molecule has 31 heavy (non-hydrogen) atoms. The van der Waals surface area contributed by atoms with E-state index in [0.29, 0.717) is 35.1 Å². The number of carbonyl (C=O) groups excluding carboxylic acids is 2. The molecule has 1 aromatic carbocycles. The summed E-state index contributed by atoms with van der Waals surface area (Å²) in [7, 11) is 3.44. The molecule has 3 heterocycles. The lowest BCUT2D eigenvalue weighted by Gasteiger charge is -2.58. The van der Waals surface area contributed by atoms with Crippen LogP contribution in [0.2, 0.25) is 5.02 Å². The zero-order chi connectivity index (χ0) is 21.8. The molecule has 0 radical (unpaired) electrons. The van der Waals surface area contributed by atoms with Crippen molar-refractivity contribution in [1.82, 2.24) is 24.4 Å². The molecule has 1 spiro atoms. The van der Waals surface area contributed by atoms with Gasteiger partial charge in [0.25, 0.3) is 5.91 Å². The number of carbonyl (C=O) groups is 2. The fourth-order valence-electron chi connectivity index (χ4n) is 4.75. The number of amides is 3. The molecule has 162 valence electrons. The number of nitrogens with one attached hydrogen (secondary N) is 2. The van der Waals surface area contributed by atoms with Crippen molar-refractivity contribution in [3.8, 4) is 5.75 Å². The number of likely N-dealkylation sites (tertiary alicyclic amines) is 1. The molecule has 2 fully saturated rings. The number of imidazole rings is 1. The second-order valence-electron chi connectivity index (χ2n) is 8.44. The Kier molecular flexibility index (Phi) is 4.58. The SMILES string of the molecule is COc1ccc(Cl)cc1NC(=O)NC1CC2(C1)CN(C(=O)c1cnn3ccn(C)c13)C2. The number of aryl methyl sites for hydroxylation is 1. The van der Waals surface area contributed by atoms with Crippen LogP contribution in [-0.2, 0) is 7.05 Å². The summed E-state index contributed by atoms with van der Waals surface area (Å²) in [5.74, 6) is 0.551. The number of hydrogen-bond acceptors (Lipinski definition) is 4. The predicted molar refractivity (Wildman–Crippen MR) is 116 cm³/mol. The molecule has 0 atom stereocenters. The van der Waals surface area contributed by atoms with E-state index in [1.807, 2.05) is 28.9 Å². The van der Waals surface area contributed by atoms with Gasteiger partial charge >= 0.3 is 6.03 Å². The van der Waals surface area contributed by atoms with Crippen molar-refractivity contribution >= 4 is 34.9 Å². The number of benzene rings is 1. The van der Waals surface area contributed by atoms with Crippen LogP contribution >= 0.6 is 11.6 Å². The average Bonchev–Trinajstić information content (AvgIpc) is 3.25. The van der Waals surface area contributed by atoms with E-state index < -0.39 is 0 Å². The Labute approximate surface area is 183 Å². The molecule has 10 heteroatoms. The van der Waals surface area contributed by atoms with Crippen LogP contribution in [0.3, 0.4) is 0 Å². The van der Waals surface area contributed by atoms with Gasteiger partial charge in [0.1, 0.15) is 17.0 Å². The lowest BCUT2D eigenvalue weighted by Crippen LogP contribution is -2.67. The fourth-order valence-corrected chi connectivity index (χ4v) is 4.92. The van der Waals surface area contributed by atoms with E-state index in [4.69, 9.17) is 16.3 Å². The Morgan fingerprint density at radius 1 is 1.26 bits per heavy atom. The number of ether oxygens (including phenoxy) is 1. The van der Waals surface area contributed by atoms with Gasteiger partial charge in [0, 0.05) is 49.0 Å². The van der Waals surface area contributed by atoms with Gasteiger partial charge in [0.05, 0.1) is 19.0 Å². The zero-order valence-corrected chi connectivity index (χ0v) is 18.0. The minimum absolute atomic E-state index is 0.00429. The first-order valence-electron chi connectivity index (χ1n) is 10.1. The molecule has 2 N–H and O–H groups in total. The molecule has 3 amide bonds. The van der Waals surface area contributed by atoms with Gasteiger partial charge < -0.3 is 24.8 Å². The Morgan fingerprint density at radius 2 is 2.03 bits per heavy atom. The number of rotatable bonds is 4. The molecule has 1 saturated heterocycles. The van der Waals surface area contributed by atoms with E-state index in [-0.39, 0.29) is 23.4 Å². The summed E-state index contributed by atoms with van der Waals surface area (Å²) in [5.41, 5.74) is 2.04. The molecule has 1 saturated carbocycles. The van der Waals surface area contributed by atoms with Gasteiger partial charge in [-0.2, -0.15) is 5.10 Å². The number of aromatic nitrogens is 3. The Balaban J connectivity index is 1.14. The zero-order valence-electron chi connectivity index (χ0n) is 17.3. The normalized spacial score (nSPS) is 17.3. The number of nitrogens with zero attached hydrogens (tertiary/aromatic N) is 4. The standard InChI is InChI=1S/C21H23ClN6O3/c1-26-5-6-28-18(26)15(10-23-28)19(29)27-11-21(12-27)8-14(9-21)24-20(30)25-16-7-13(22)3-4-17(16)31-2/h3-7,10,14H,8-9,11-12H2,1-2H3,(H2,24,25,30). The van der Waals surface area contributed by atoms with Gasteiger partial charge in [-0.1, -0.05) is 11.6 Å². The molecule has 0 bridgehead atoms. The Hall–Kier alpha value is -3.20. The molecule has 9 nitrogen and oxygen atoms in total. The number of hydrogen-bond donors (Lipinski definition) is 2. The second-order valence-corrected chi connectivity index (χ2v) is 8.88. The van der Waals surface area contributed by atoms with Crippen LogP contribution in [0.15, 0.2) is 36.8 Å². The molecular formula is C21H23ClN6O3. The van der Waals surface area contributed by atoms with Gasteiger partial charge in [-0.25, -0.2) is 9.31 Å². The van der Waals surface area contributed by atoms with Crippen molar-refractivity contribution in [2.24, 2.45) is 12.5 Å². The third kappa shape index (κ3) is 3.38. The van der Waals surface area contributed by atoms with Crippen molar-refractivity contribution in [3.63, 3.8) is 0 Å². The highest BCUT2D eigenvalue weighted by Crippen LogP contribution is 2.48. The van der Waals surface area contributed by atoms with Crippen LogP contribution in [0.1, 0.15) is 23.2 Å². The second kappa shape index (κ2) is 7.19. The van der Waals surface area contributed by atoms with Crippen molar-refractivity contribution in [1.29, 1.82) is 0 Å². The van der Waals surface area contributed by atoms with Gasteiger partial charge in [-0.05, 0) is 31.0 Å². The quantitative estimate of drug-likeness (QED) is 0.649.